The Bertz CT molecular complexity index is 3060. The van der Waals surface area contributed by atoms with Crippen LogP contribution in [-0.2, 0) is 0 Å². The molecule has 8 aromatic carbocycles. The second-order valence-corrected chi connectivity index (χ2v) is 12.0. The Morgan fingerprint density at radius 1 is 0.479 bits per heavy atom. The maximum absolute atomic E-state index is 8.80. The zero-order chi connectivity index (χ0) is 36.0. The van der Waals surface area contributed by atoms with Gasteiger partial charge in [-0.1, -0.05) is 127 Å². The summed E-state index contributed by atoms with van der Waals surface area (Å²) >= 11 is 0. The van der Waals surface area contributed by atoms with Crippen LogP contribution in [0.4, 0.5) is 0 Å². The van der Waals surface area contributed by atoms with Crippen molar-refractivity contribution in [2.24, 2.45) is 0 Å². The summed E-state index contributed by atoms with van der Waals surface area (Å²) in [4.78, 5) is 4.87. The Labute approximate surface area is 284 Å². The van der Waals surface area contributed by atoms with Gasteiger partial charge in [0.05, 0.1) is 17.9 Å². The molecule has 10 aromatic rings. The van der Waals surface area contributed by atoms with Gasteiger partial charge in [0.25, 0.3) is 0 Å². The fourth-order valence-corrected chi connectivity index (χ4v) is 7.25. The Kier molecular flexibility index (Phi) is 4.86. The first kappa shape index (κ1) is 22.1. The lowest BCUT2D eigenvalue weighted by molar-refractivity contribution is 0.669. The second kappa shape index (κ2) is 10.5. The molecule has 10 rings (SSSR count). The monoisotopic (exact) mass is 617 g/mol. The highest BCUT2D eigenvalue weighted by Crippen LogP contribution is 2.45. The van der Waals surface area contributed by atoms with Gasteiger partial charge in [0.2, 0.25) is 0 Å². The maximum atomic E-state index is 8.80. The van der Waals surface area contributed by atoms with Gasteiger partial charge >= 0.3 is 0 Å². The molecule has 0 saturated heterocycles. The van der Waals surface area contributed by atoms with Gasteiger partial charge in [0.1, 0.15) is 17.0 Å². The number of aromatic nitrogens is 2. The third-order valence-electron chi connectivity index (χ3n) is 9.27. The molecule has 2 heterocycles. The van der Waals surface area contributed by atoms with E-state index in [0.29, 0.717) is 5.52 Å². The van der Waals surface area contributed by atoms with Crippen molar-refractivity contribution in [2.75, 3.05) is 0 Å². The average molecular weight is 618 g/mol. The zero-order valence-corrected chi connectivity index (χ0v) is 25.6. The largest absolute Gasteiger partial charge is 0.456 e. The lowest BCUT2D eigenvalue weighted by atomic mass is 9.85. The number of fused-ring (bicyclic) bond motifs is 6. The molecule has 0 aliphatic rings. The second-order valence-electron chi connectivity index (χ2n) is 12.0. The first-order valence-corrected chi connectivity index (χ1v) is 15.9. The molecule has 3 heteroatoms. The van der Waals surface area contributed by atoms with Crippen molar-refractivity contribution < 1.29 is 11.3 Å². The molecular formula is C45H28N2O. The molecule has 0 unspecified atom stereocenters. The molecule has 48 heavy (non-hydrogen) atoms. The van der Waals surface area contributed by atoms with Crippen molar-refractivity contribution in [3.8, 4) is 39.3 Å². The topological polar surface area (TPSA) is 31.0 Å². The Hall–Kier alpha value is -6.45. The Balaban J connectivity index is 1.23. The van der Waals surface area contributed by atoms with Gasteiger partial charge in [-0.15, -0.1) is 0 Å². The minimum absolute atomic E-state index is 0.0558. The maximum Gasteiger partial charge on any atom is 0.145 e. The number of furan rings is 1. The molecule has 0 N–H and O–H groups in total. The van der Waals surface area contributed by atoms with E-state index >= 15 is 0 Å². The predicted molar refractivity (Wildman–Crippen MR) is 200 cm³/mol. The van der Waals surface area contributed by atoms with Crippen LogP contribution in [0, 0.1) is 0 Å². The molecule has 0 fully saturated rings. The van der Waals surface area contributed by atoms with Crippen molar-refractivity contribution in [3.05, 3.63) is 170 Å². The van der Waals surface area contributed by atoms with Crippen molar-refractivity contribution in [2.45, 2.75) is 0 Å². The normalized spacial score (nSPS) is 13.2. The van der Waals surface area contributed by atoms with Crippen LogP contribution in [0.15, 0.2) is 174 Å². The van der Waals surface area contributed by atoms with E-state index in [1.165, 1.54) is 0 Å². The molecule has 2 aromatic heterocycles. The van der Waals surface area contributed by atoms with Gasteiger partial charge in [-0.3, -0.25) is 4.57 Å². The fraction of sp³-hybridized carbons (Fsp3) is 0. The van der Waals surface area contributed by atoms with Crippen LogP contribution in [0.3, 0.4) is 0 Å². The average Bonchev–Trinajstić information content (AvgIpc) is 3.77. The van der Waals surface area contributed by atoms with Crippen LogP contribution in [0.5, 0.6) is 0 Å². The minimum atomic E-state index is -0.436. The Morgan fingerprint density at radius 3 is 1.81 bits per heavy atom. The van der Waals surface area contributed by atoms with E-state index in [0.717, 1.165) is 76.9 Å². The molecule has 0 saturated carbocycles. The van der Waals surface area contributed by atoms with E-state index in [9.17, 15) is 0 Å². The van der Waals surface area contributed by atoms with E-state index in [1.807, 2.05) is 59.2 Å². The summed E-state index contributed by atoms with van der Waals surface area (Å²) in [5.74, 6) is 0.285. The molecule has 224 valence electrons. The van der Waals surface area contributed by atoms with Gasteiger partial charge in [0.15, 0.2) is 0 Å². The van der Waals surface area contributed by atoms with Gasteiger partial charge in [-0.25, -0.2) is 4.98 Å². The molecule has 0 bridgehead atoms. The molecular weight excluding hydrogens is 585 g/mol. The van der Waals surface area contributed by atoms with E-state index in [-0.39, 0.29) is 23.5 Å². The van der Waals surface area contributed by atoms with E-state index in [1.54, 1.807) is 0 Å². The van der Waals surface area contributed by atoms with Crippen LogP contribution in [0.25, 0.3) is 93.8 Å². The molecule has 0 amide bonds. The van der Waals surface area contributed by atoms with Gasteiger partial charge in [0, 0.05) is 22.0 Å². The summed E-state index contributed by atoms with van der Waals surface area (Å²) < 4.78 is 50.6. The highest BCUT2D eigenvalue weighted by atomic mass is 16.3. The SMILES string of the molecule is [2H]c1c([2H])c([2H])c(-c2nc3ccccc3n2-c2cccc(-c3c4ccccc4c(-c4ccc5oc6ccccc6c5c4)c4ccccc34)c2)c([2H])c1[2H]. The standard InChI is InChI=1S/C45H28N2O/c1-2-13-29(14-3-1)45-46-39-22-9-10-23-40(39)47(45)32-16-12-15-30(27-32)43-34-18-4-6-20-36(34)44(37-21-7-5-19-35(37)43)31-25-26-42-38(28-31)33-17-8-11-24-41(33)48-42/h1-28H/i1D,2D,3D,13D,14D. The highest BCUT2D eigenvalue weighted by Gasteiger charge is 2.19. The number of rotatable bonds is 4. The van der Waals surface area contributed by atoms with Gasteiger partial charge in [-0.05, 0) is 86.3 Å². The quantitative estimate of drug-likeness (QED) is 0.184. The zero-order valence-electron chi connectivity index (χ0n) is 30.6. The molecule has 0 atom stereocenters. The van der Waals surface area contributed by atoms with Crippen molar-refractivity contribution >= 4 is 54.5 Å². The number of hydrogen-bond acceptors (Lipinski definition) is 2. The third-order valence-corrected chi connectivity index (χ3v) is 9.27. The molecule has 3 nitrogen and oxygen atoms in total. The molecule has 0 aliphatic heterocycles. The third kappa shape index (κ3) is 4.04. The van der Waals surface area contributed by atoms with Gasteiger partial charge in [-0.2, -0.15) is 0 Å². The van der Waals surface area contributed by atoms with Crippen LogP contribution in [0.2, 0.25) is 0 Å². The summed E-state index contributed by atoms with van der Waals surface area (Å²) in [7, 11) is 0. The number of imidazole rings is 1. The van der Waals surface area contributed by atoms with Crippen LogP contribution < -0.4 is 0 Å². The highest BCUT2D eigenvalue weighted by molar-refractivity contribution is 6.22. The van der Waals surface area contributed by atoms with Crippen LogP contribution in [-0.4, -0.2) is 9.55 Å². The van der Waals surface area contributed by atoms with E-state index < -0.39 is 18.1 Å². The molecule has 0 radical (unpaired) electrons. The van der Waals surface area contributed by atoms with E-state index in [2.05, 4.69) is 84.9 Å². The van der Waals surface area contributed by atoms with Crippen LogP contribution >= 0.6 is 0 Å². The predicted octanol–water partition coefficient (Wildman–Crippen LogP) is 12.2. The number of para-hydroxylation sites is 3. The number of nitrogens with zero attached hydrogens (tertiary/aromatic N) is 2. The van der Waals surface area contributed by atoms with Gasteiger partial charge < -0.3 is 4.42 Å². The fourth-order valence-electron chi connectivity index (χ4n) is 7.25. The smallest absolute Gasteiger partial charge is 0.145 e. The first-order valence-electron chi connectivity index (χ1n) is 18.4. The molecule has 0 spiro atoms. The van der Waals surface area contributed by atoms with Crippen LogP contribution in [0.1, 0.15) is 6.85 Å². The molecule has 0 aliphatic carbocycles. The minimum Gasteiger partial charge on any atom is -0.456 e. The summed E-state index contributed by atoms with van der Waals surface area (Å²) in [6.07, 6.45) is 0. The Morgan fingerprint density at radius 2 is 1.08 bits per heavy atom. The first-order chi connectivity index (χ1) is 25.9. The van der Waals surface area contributed by atoms with Crippen molar-refractivity contribution in [3.63, 3.8) is 0 Å². The lowest BCUT2D eigenvalue weighted by Gasteiger charge is -2.18. The van der Waals surface area contributed by atoms with E-state index in [4.69, 9.17) is 16.3 Å². The number of benzene rings is 8. The summed E-state index contributed by atoms with van der Waals surface area (Å²) in [5.41, 5.74) is 8.25. The number of hydrogen-bond donors (Lipinski definition) is 0. The van der Waals surface area contributed by atoms with Crippen molar-refractivity contribution in [1.29, 1.82) is 0 Å². The lowest BCUT2D eigenvalue weighted by Crippen LogP contribution is -1.98. The summed E-state index contributed by atoms with van der Waals surface area (Å²) in [6.45, 7) is 0. The van der Waals surface area contributed by atoms with Crippen molar-refractivity contribution in [1.82, 2.24) is 9.55 Å². The summed E-state index contributed by atoms with van der Waals surface area (Å²) in [5, 5.41) is 6.58. The summed E-state index contributed by atoms with van der Waals surface area (Å²) in [6, 6.07) is 45.6.